The Kier molecular flexibility index (Phi) is 5.39. The molecule has 1 heteroatoms. The molecule has 0 saturated heterocycles. The quantitative estimate of drug-likeness (QED) is 0.462. The average molecular weight is 214 g/mol. The van der Waals surface area contributed by atoms with Gasteiger partial charge in [-0.15, -0.1) is 6.58 Å². The van der Waals surface area contributed by atoms with Gasteiger partial charge in [-0.3, -0.25) is 0 Å². The topological polar surface area (TPSA) is 20.2 Å². The van der Waals surface area contributed by atoms with Crippen molar-refractivity contribution in [1.29, 1.82) is 0 Å². The molecule has 1 rings (SSSR count). The molecule has 1 aromatic rings. The van der Waals surface area contributed by atoms with E-state index in [-0.39, 0.29) is 0 Å². The molecule has 0 bridgehead atoms. The Bertz CT molecular complexity index is 395. The third kappa shape index (κ3) is 3.56. The Morgan fingerprint density at radius 3 is 2.88 bits per heavy atom. The highest BCUT2D eigenvalue weighted by atomic mass is 16.3. The van der Waals surface area contributed by atoms with E-state index in [1.165, 1.54) is 6.08 Å². The summed E-state index contributed by atoms with van der Waals surface area (Å²) in [4.78, 5) is 0. The van der Waals surface area contributed by atoms with Gasteiger partial charge in [-0.25, -0.2) is 0 Å². The highest BCUT2D eigenvalue weighted by Crippen LogP contribution is 2.17. The maximum Gasteiger partial charge on any atom is 0.0981 e. The lowest BCUT2D eigenvalue weighted by molar-refractivity contribution is 0.229. The Balaban J connectivity index is 2.85. The summed E-state index contributed by atoms with van der Waals surface area (Å²) in [6.07, 6.45) is 4.09. The minimum atomic E-state index is -0.628. The molecule has 1 unspecified atom stereocenters. The maximum atomic E-state index is 9.73. The third-order valence-electron chi connectivity index (χ3n) is 2.38. The van der Waals surface area contributed by atoms with Crippen LogP contribution in [0.4, 0.5) is 0 Å². The molecule has 1 atom stereocenters. The van der Waals surface area contributed by atoms with Gasteiger partial charge in [0.1, 0.15) is 0 Å². The minimum Gasteiger partial charge on any atom is -0.384 e. The van der Waals surface area contributed by atoms with Gasteiger partial charge in [-0.1, -0.05) is 49.5 Å². The summed E-state index contributed by atoms with van der Waals surface area (Å²) >= 11 is 0. The van der Waals surface area contributed by atoms with Crippen LogP contribution < -0.4 is 0 Å². The van der Waals surface area contributed by atoms with Gasteiger partial charge in [0.15, 0.2) is 0 Å². The lowest BCUT2D eigenvalue weighted by Crippen LogP contribution is -1.95. The number of aliphatic hydroxyl groups excluding tert-OH is 1. The van der Waals surface area contributed by atoms with Crippen molar-refractivity contribution in [2.24, 2.45) is 0 Å². The van der Waals surface area contributed by atoms with Crippen LogP contribution in [0.3, 0.4) is 0 Å². The maximum absolute atomic E-state index is 9.73. The number of unbranched alkanes of at least 4 members (excludes halogenated alkanes) is 2. The van der Waals surface area contributed by atoms with Gasteiger partial charge in [0.05, 0.1) is 6.10 Å². The molecule has 1 N–H and O–H groups in total. The predicted molar refractivity (Wildman–Crippen MR) is 68.0 cm³/mol. The molecule has 0 heterocycles. The second kappa shape index (κ2) is 6.87. The van der Waals surface area contributed by atoms with Crippen LogP contribution >= 0.6 is 0 Å². The number of aliphatic hydroxyl groups is 1. The first-order chi connectivity index (χ1) is 7.79. The molecule has 1 aromatic carbocycles. The van der Waals surface area contributed by atoms with Crippen LogP contribution in [0.1, 0.15) is 43.4 Å². The van der Waals surface area contributed by atoms with Crippen LogP contribution in [0.2, 0.25) is 0 Å². The van der Waals surface area contributed by atoms with Crippen molar-refractivity contribution in [3.05, 3.63) is 48.0 Å². The molecular formula is C15H18O. The average Bonchev–Trinajstić information content (AvgIpc) is 2.34. The molecule has 0 spiro atoms. The highest BCUT2D eigenvalue weighted by molar-refractivity contribution is 5.43. The van der Waals surface area contributed by atoms with Gasteiger partial charge < -0.3 is 5.11 Å². The Morgan fingerprint density at radius 1 is 1.44 bits per heavy atom. The molecule has 1 nitrogen and oxygen atoms in total. The van der Waals surface area contributed by atoms with Crippen molar-refractivity contribution in [3.8, 4) is 11.8 Å². The van der Waals surface area contributed by atoms with Crippen molar-refractivity contribution in [3.63, 3.8) is 0 Å². The molecule has 0 fully saturated rings. The standard InChI is InChI=1S/C15H18O/c1-3-5-6-7-10-13-11-8-9-12-14(13)15(16)4-2/h4,8-9,11-12,15-16H,2-3,5-6H2,1H3. The van der Waals surface area contributed by atoms with Crippen molar-refractivity contribution in [2.75, 3.05) is 0 Å². The normalized spacial score (nSPS) is 11.4. The second-order valence-corrected chi connectivity index (χ2v) is 3.67. The van der Waals surface area contributed by atoms with Crippen LogP contribution in [-0.4, -0.2) is 5.11 Å². The molecule has 0 saturated carbocycles. The van der Waals surface area contributed by atoms with Crippen LogP contribution in [0.15, 0.2) is 36.9 Å². The van der Waals surface area contributed by atoms with Crippen LogP contribution in [0.25, 0.3) is 0 Å². The summed E-state index contributed by atoms with van der Waals surface area (Å²) < 4.78 is 0. The van der Waals surface area contributed by atoms with Gasteiger partial charge in [-0.2, -0.15) is 0 Å². The van der Waals surface area contributed by atoms with E-state index in [0.29, 0.717) is 0 Å². The van der Waals surface area contributed by atoms with Gasteiger partial charge in [0.2, 0.25) is 0 Å². The van der Waals surface area contributed by atoms with E-state index in [1.807, 2.05) is 24.3 Å². The lowest BCUT2D eigenvalue weighted by atomic mass is 10.0. The lowest BCUT2D eigenvalue weighted by Gasteiger charge is -2.07. The fraction of sp³-hybridized carbons (Fsp3) is 0.333. The van der Waals surface area contributed by atoms with E-state index < -0.39 is 6.10 Å². The molecule has 0 aliphatic carbocycles. The molecule has 0 aliphatic rings. The molecule has 84 valence electrons. The second-order valence-electron chi connectivity index (χ2n) is 3.67. The smallest absolute Gasteiger partial charge is 0.0981 e. The zero-order valence-electron chi connectivity index (χ0n) is 9.74. The van der Waals surface area contributed by atoms with Crippen molar-refractivity contribution >= 4 is 0 Å². The Labute approximate surface area is 97.8 Å². The number of rotatable bonds is 4. The van der Waals surface area contributed by atoms with E-state index in [1.54, 1.807) is 0 Å². The predicted octanol–water partition coefficient (Wildman–Crippen LogP) is 3.45. The van der Waals surface area contributed by atoms with Crippen molar-refractivity contribution in [2.45, 2.75) is 32.3 Å². The first kappa shape index (κ1) is 12.5. The molecule has 0 amide bonds. The summed E-state index contributed by atoms with van der Waals surface area (Å²) in [6.45, 7) is 5.74. The zero-order valence-corrected chi connectivity index (χ0v) is 9.74. The molecule has 16 heavy (non-hydrogen) atoms. The van der Waals surface area contributed by atoms with Gasteiger partial charge in [0, 0.05) is 12.0 Å². The minimum absolute atomic E-state index is 0.628. The monoisotopic (exact) mass is 214 g/mol. The van der Waals surface area contributed by atoms with Crippen LogP contribution in [0.5, 0.6) is 0 Å². The van der Waals surface area contributed by atoms with Gasteiger partial charge >= 0.3 is 0 Å². The van der Waals surface area contributed by atoms with E-state index in [2.05, 4.69) is 25.3 Å². The van der Waals surface area contributed by atoms with E-state index in [9.17, 15) is 5.11 Å². The zero-order chi connectivity index (χ0) is 11.8. The first-order valence-corrected chi connectivity index (χ1v) is 5.68. The SMILES string of the molecule is C=CC(O)c1ccccc1C#CCCCC. The molecular weight excluding hydrogens is 196 g/mol. The molecule has 0 aromatic heterocycles. The Hall–Kier alpha value is -1.52. The fourth-order valence-electron chi connectivity index (χ4n) is 1.42. The van der Waals surface area contributed by atoms with Gasteiger partial charge in [-0.05, 0) is 18.1 Å². The van der Waals surface area contributed by atoms with Crippen molar-refractivity contribution in [1.82, 2.24) is 0 Å². The van der Waals surface area contributed by atoms with E-state index in [4.69, 9.17) is 0 Å². The molecule has 0 radical (unpaired) electrons. The van der Waals surface area contributed by atoms with E-state index in [0.717, 1.165) is 30.4 Å². The highest BCUT2D eigenvalue weighted by Gasteiger charge is 2.05. The van der Waals surface area contributed by atoms with Crippen LogP contribution in [0, 0.1) is 11.8 Å². The number of hydrogen-bond acceptors (Lipinski definition) is 1. The van der Waals surface area contributed by atoms with Crippen LogP contribution in [-0.2, 0) is 0 Å². The van der Waals surface area contributed by atoms with E-state index >= 15 is 0 Å². The third-order valence-corrected chi connectivity index (χ3v) is 2.38. The summed E-state index contributed by atoms with van der Waals surface area (Å²) in [5.74, 6) is 6.23. The molecule has 0 aliphatic heterocycles. The number of hydrogen-bond donors (Lipinski definition) is 1. The van der Waals surface area contributed by atoms with Crippen molar-refractivity contribution < 1.29 is 5.11 Å². The largest absolute Gasteiger partial charge is 0.384 e. The summed E-state index contributed by atoms with van der Waals surface area (Å²) in [6, 6.07) is 7.65. The number of benzene rings is 1. The van der Waals surface area contributed by atoms with Gasteiger partial charge in [0.25, 0.3) is 0 Å². The Morgan fingerprint density at radius 2 is 2.19 bits per heavy atom. The first-order valence-electron chi connectivity index (χ1n) is 5.68. The summed E-state index contributed by atoms with van der Waals surface area (Å²) in [5.41, 5.74) is 1.73. The fourth-order valence-corrected chi connectivity index (χ4v) is 1.42. The summed E-state index contributed by atoms with van der Waals surface area (Å²) in [7, 11) is 0. The summed E-state index contributed by atoms with van der Waals surface area (Å²) in [5, 5.41) is 9.73.